The molecule has 2 unspecified atom stereocenters. The number of aliphatic hydroxyl groups excluding tert-OH is 1. The number of nitrogens with zero attached hydrogens (tertiary/aromatic N) is 1. The van der Waals surface area contributed by atoms with Crippen LogP contribution in [0.15, 0.2) is 0 Å². The number of nitrogens with two attached hydrogens (primary N) is 1. The van der Waals surface area contributed by atoms with Gasteiger partial charge in [-0.25, -0.2) is 0 Å². The second-order valence-electron chi connectivity index (χ2n) is 4.33. The predicted molar refractivity (Wildman–Crippen MR) is 59.1 cm³/mol. The van der Waals surface area contributed by atoms with E-state index in [4.69, 9.17) is 10.8 Å². The van der Waals surface area contributed by atoms with Crippen LogP contribution < -0.4 is 5.73 Å². The summed E-state index contributed by atoms with van der Waals surface area (Å²) in [4.78, 5) is 2.41. The van der Waals surface area contributed by atoms with Crippen molar-refractivity contribution >= 4 is 0 Å². The lowest BCUT2D eigenvalue weighted by atomic mass is 10.0. The highest BCUT2D eigenvalue weighted by Crippen LogP contribution is 2.24. The first-order valence-electron chi connectivity index (χ1n) is 5.86. The van der Waals surface area contributed by atoms with Gasteiger partial charge in [-0.3, -0.25) is 0 Å². The zero-order valence-electron chi connectivity index (χ0n) is 9.28. The summed E-state index contributed by atoms with van der Waals surface area (Å²) in [6.07, 6.45) is 4.66. The summed E-state index contributed by atoms with van der Waals surface area (Å²) < 4.78 is 0. The van der Waals surface area contributed by atoms with Crippen LogP contribution in [0.3, 0.4) is 0 Å². The highest BCUT2D eigenvalue weighted by atomic mass is 16.3. The largest absolute Gasteiger partial charge is 0.396 e. The smallest absolute Gasteiger partial charge is 0.0443 e. The van der Waals surface area contributed by atoms with Crippen molar-refractivity contribution in [2.75, 3.05) is 26.2 Å². The molecule has 14 heavy (non-hydrogen) atoms. The Bertz CT molecular complexity index is 152. The van der Waals surface area contributed by atoms with E-state index in [2.05, 4.69) is 11.8 Å². The van der Waals surface area contributed by atoms with Crippen molar-refractivity contribution in [1.82, 2.24) is 4.90 Å². The molecule has 84 valence electrons. The second-order valence-corrected chi connectivity index (χ2v) is 4.33. The average molecular weight is 200 g/mol. The number of rotatable bonds is 6. The first kappa shape index (κ1) is 12.0. The Morgan fingerprint density at radius 2 is 2.21 bits per heavy atom. The molecule has 0 aromatic heterocycles. The van der Waals surface area contributed by atoms with Gasteiger partial charge in [-0.1, -0.05) is 13.3 Å². The molecule has 1 saturated carbocycles. The third kappa shape index (κ3) is 3.56. The van der Waals surface area contributed by atoms with Crippen molar-refractivity contribution in [2.24, 2.45) is 11.7 Å². The van der Waals surface area contributed by atoms with Crippen molar-refractivity contribution in [2.45, 2.75) is 38.6 Å². The SMILES string of the molecule is CCN(CCCO)CC1CCCC1N. The topological polar surface area (TPSA) is 49.5 Å². The fourth-order valence-corrected chi connectivity index (χ4v) is 2.30. The van der Waals surface area contributed by atoms with Crippen LogP contribution in [-0.2, 0) is 0 Å². The van der Waals surface area contributed by atoms with Crippen LogP contribution in [-0.4, -0.2) is 42.3 Å². The molecule has 0 aromatic rings. The van der Waals surface area contributed by atoms with Crippen molar-refractivity contribution in [3.63, 3.8) is 0 Å². The molecular formula is C11H24N2O. The minimum absolute atomic E-state index is 0.299. The lowest BCUT2D eigenvalue weighted by Crippen LogP contribution is -2.36. The van der Waals surface area contributed by atoms with Crippen molar-refractivity contribution in [3.05, 3.63) is 0 Å². The Labute approximate surface area is 87.3 Å². The van der Waals surface area contributed by atoms with Crippen LogP contribution in [0.1, 0.15) is 32.6 Å². The third-order valence-corrected chi connectivity index (χ3v) is 3.29. The molecule has 1 aliphatic carbocycles. The monoisotopic (exact) mass is 200 g/mol. The molecule has 0 spiro atoms. The molecule has 0 heterocycles. The standard InChI is InChI=1S/C11H24N2O/c1-2-13(7-4-8-14)9-10-5-3-6-11(10)12/h10-11,14H,2-9,12H2,1H3. The van der Waals surface area contributed by atoms with Gasteiger partial charge in [0.1, 0.15) is 0 Å². The first-order valence-corrected chi connectivity index (χ1v) is 5.86. The summed E-state index contributed by atoms with van der Waals surface area (Å²) in [6.45, 7) is 5.68. The summed E-state index contributed by atoms with van der Waals surface area (Å²) in [5.41, 5.74) is 6.03. The minimum atomic E-state index is 0.299. The fourth-order valence-electron chi connectivity index (χ4n) is 2.30. The minimum Gasteiger partial charge on any atom is -0.396 e. The van der Waals surface area contributed by atoms with E-state index < -0.39 is 0 Å². The normalized spacial score (nSPS) is 27.4. The molecule has 1 fully saturated rings. The highest BCUT2D eigenvalue weighted by Gasteiger charge is 2.25. The van der Waals surface area contributed by atoms with Gasteiger partial charge < -0.3 is 15.7 Å². The van der Waals surface area contributed by atoms with E-state index in [1.807, 2.05) is 0 Å². The molecule has 2 atom stereocenters. The van der Waals surface area contributed by atoms with Gasteiger partial charge in [-0.2, -0.15) is 0 Å². The van der Waals surface area contributed by atoms with Crippen molar-refractivity contribution in [1.29, 1.82) is 0 Å². The van der Waals surface area contributed by atoms with E-state index in [9.17, 15) is 0 Å². The Balaban J connectivity index is 2.24. The van der Waals surface area contributed by atoms with Crippen molar-refractivity contribution in [3.8, 4) is 0 Å². The van der Waals surface area contributed by atoms with Gasteiger partial charge in [0.15, 0.2) is 0 Å². The lowest BCUT2D eigenvalue weighted by molar-refractivity contribution is 0.202. The number of hydrogen-bond donors (Lipinski definition) is 2. The molecule has 0 radical (unpaired) electrons. The molecule has 0 aromatic carbocycles. The third-order valence-electron chi connectivity index (χ3n) is 3.29. The molecule has 3 heteroatoms. The van der Waals surface area contributed by atoms with Crippen LogP contribution in [0.4, 0.5) is 0 Å². The van der Waals surface area contributed by atoms with Crippen molar-refractivity contribution < 1.29 is 5.11 Å². The lowest BCUT2D eigenvalue weighted by Gasteiger charge is -2.25. The summed E-state index contributed by atoms with van der Waals surface area (Å²) in [5.74, 6) is 0.689. The molecule has 3 N–H and O–H groups in total. The highest BCUT2D eigenvalue weighted by molar-refractivity contribution is 4.82. The van der Waals surface area contributed by atoms with Crippen LogP contribution in [0.2, 0.25) is 0 Å². The molecular weight excluding hydrogens is 176 g/mol. The van der Waals surface area contributed by atoms with E-state index in [1.165, 1.54) is 19.3 Å². The quantitative estimate of drug-likeness (QED) is 0.667. The Morgan fingerprint density at radius 3 is 2.71 bits per heavy atom. The molecule has 1 rings (SSSR count). The van der Waals surface area contributed by atoms with E-state index in [-0.39, 0.29) is 0 Å². The summed E-state index contributed by atoms with van der Waals surface area (Å²) >= 11 is 0. The van der Waals surface area contributed by atoms with Crippen LogP contribution in [0.25, 0.3) is 0 Å². The average Bonchev–Trinajstić information content (AvgIpc) is 2.59. The second kappa shape index (κ2) is 6.38. The fraction of sp³-hybridized carbons (Fsp3) is 1.00. The summed E-state index contributed by atoms with van der Waals surface area (Å²) in [6, 6.07) is 0.415. The molecule has 0 aliphatic heterocycles. The summed E-state index contributed by atoms with van der Waals surface area (Å²) in [7, 11) is 0. The molecule has 1 aliphatic rings. The maximum atomic E-state index is 8.77. The van der Waals surface area contributed by atoms with Gasteiger partial charge >= 0.3 is 0 Å². The molecule has 0 bridgehead atoms. The van der Waals surface area contributed by atoms with Gasteiger partial charge in [0.05, 0.1) is 0 Å². The van der Waals surface area contributed by atoms with E-state index in [0.29, 0.717) is 18.6 Å². The predicted octanol–water partition coefficient (Wildman–Crippen LogP) is 0.818. The summed E-state index contributed by atoms with van der Waals surface area (Å²) in [5, 5.41) is 8.77. The van der Waals surface area contributed by atoms with Gasteiger partial charge in [0.2, 0.25) is 0 Å². The van der Waals surface area contributed by atoms with Gasteiger partial charge in [0, 0.05) is 25.7 Å². The number of aliphatic hydroxyl groups is 1. The molecule has 0 saturated heterocycles. The molecule has 3 nitrogen and oxygen atoms in total. The zero-order valence-corrected chi connectivity index (χ0v) is 9.28. The maximum absolute atomic E-state index is 8.77. The van der Waals surface area contributed by atoms with E-state index >= 15 is 0 Å². The first-order chi connectivity index (χ1) is 6.77. The Hall–Kier alpha value is -0.120. The van der Waals surface area contributed by atoms with Gasteiger partial charge in [0.25, 0.3) is 0 Å². The maximum Gasteiger partial charge on any atom is 0.0443 e. The van der Waals surface area contributed by atoms with Crippen LogP contribution in [0, 0.1) is 5.92 Å². The molecule has 0 amide bonds. The zero-order chi connectivity index (χ0) is 10.4. The van der Waals surface area contributed by atoms with Gasteiger partial charge in [-0.05, 0) is 31.7 Å². The van der Waals surface area contributed by atoms with Crippen LogP contribution in [0.5, 0.6) is 0 Å². The van der Waals surface area contributed by atoms with Crippen LogP contribution >= 0.6 is 0 Å². The number of hydrogen-bond acceptors (Lipinski definition) is 3. The van der Waals surface area contributed by atoms with E-state index in [1.54, 1.807) is 0 Å². The van der Waals surface area contributed by atoms with E-state index in [0.717, 1.165) is 26.1 Å². The van der Waals surface area contributed by atoms with Gasteiger partial charge in [-0.15, -0.1) is 0 Å². The Morgan fingerprint density at radius 1 is 1.43 bits per heavy atom. The Kier molecular flexibility index (Phi) is 5.45.